The molecule has 2 aromatic rings. The van der Waals surface area contributed by atoms with Crippen LogP contribution in [0.2, 0.25) is 5.15 Å². The molecular formula is C16H17ClN2O3. The molecule has 1 N–H and O–H groups in total. The minimum Gasteiger partial charge on any atom is -0.497 e. The molecule has 1 amide bonds. The van der Waals surface area contributed by atoms with Crippen LogP contribution in [-0.4, -0.2) is 25.1 Å². The topological polar surface area (TPSA) is 60.5 Å². The Hall–Kier alpha value is -2.27. The molecule has 0 aliphatic carbocycles. The van der Waals surface area contributed by atoms with Crippen LogP contribution in [-0.2, 0) is 0 Å². The van der Waals surface area contributed by atoms with Crippen molar-refractivity contribution in [1.82, 2.24) is 10.3 Å². The number of carbonyl (C=O) groups is 1. The monoisotopic (exact) mass is 320 g/mol. The first-order chi connectivity index (χ1) is 10.5. The molecule has 5 nitrogen and oxygen atoms in total. The van der Waals surface area contributed by atoms with Crippen molar-refractivity contribution in [3.05, 3.63) is 52.8 Å². The number of hydrogen-bond donors (Lipinski definition) is 1. The zero-order valence-corrected chi connectivity index (χ0v) is 13.3. The molecule has 0 saturated carbocycles. The normalized spacial score (nSPS) is 11.6. The van der Waals surface area contributed by atoms with Crippen molar-refractivity contribution in [2.24, 2.45) is 0 Å². The molecule has 1 atom stereocenters. The lowest BCUT2D eigenvalue weighted by atomic mass is 10.1. The largest absolute Gasteiger partial charge is 0.497 e. The number of pyridine rings is 1. The molecule has 0 spiro atoms. The van der Waals surface area contributed by atoms with Crippen LogP contribution in [0, 0.1) is 0 Å². The molecule has 6 heteroatoms. The van der Waals surface area contributed by atoms with Gasteiger partial charge in [-0.15, -0.1) is 0 Å². The number of methoxy groups -OCH3 is 2. The number of aromatic nitrogens is 1. The maximum Gasteiger partial charge on any atom is 0.251 e. The molecule has 0 aliphatic heterocycles. The molecule has 0 aliphatic rings. The Balaban J connectivity index is 2.21. The van der Waals surface area contributed by atoms with Gasteiger partial charge in [-0.1, -0.05) is 11.6 Å². The third-order valence-corrected chi connectivity index (χ3v) is 3.45. The second-order valence-electron chi connectivity index (χ2n) is 4.67. The van der Waals surface area contributed by atoms with E-state index in [0.717, 1.165) is 5.56 Å². The summed E-state index contributed by atoms with van der Waals surface area (Å²) in [6, 6.07) is 8.32. The van der Waals surface area contributed by atoms with Crippen molar-refractivity contribution >= 4 is 17.5 Å². The summed E-state index contributed by atoms with van der Waals surface area (Å²) in [6.45, 7) is 1.87. The predicted molar refractivity (Wildman–Crippen MR) is 84.7 cm³/mol. The minimum atomic E-state index is -0.260. The molecule has 1 unspecified atom stereocenters. The van der Waals surface area contributed by atoms with E-state index in [-0.39, 0.29) is 17.1 Å². The number of nitrogens with zero attached hydrogens (tertiary/aromatic N) is 1. The Labute approximate surface area is 134 Å². The van der Waals surface area contributed by atoms with Crippen LogP contribution >= 0.6 is 11.6 Å². The van der Waals surface area contributed by atoms with Crippen molar-refractivity contribution in [1.29, 1.82) is 0 Å². The van der Waals surface area contributed by atoms with Crippen molar-refractivity contribution in [2.45, 2.75) is 13.0 Å². The Kier molecular flexibility index (Phi) is 5.22. The van der Waals surface area contributed by atoms with Gasteiger partial charge in [0.1, 0.15) is 16.7 Å². The van der Waals surface area contributed by atoms with Crippen LogP contribution in [0.25, 0.3) is 0 Å². The number of amides is 1. The SMILES string of the molecule is COc1ccc(OC)c(C(C)NC(=O)c2ccnc(Cl)c2)c1. The van der Waals surface area contributed by atoms with Crippen molar-refractivity contribution in [2.75, 3.05) is 14.2 Å². The molecule has 0 saturated heterocycles. The van der Waals surface area contributed by atoms with E-state index in [1.165, 1.54) is 12.3 Å². The summed E-state index contributed by atoms with van der Waals surface area (Å²) in [5, 5.41) is 3.18. The zero-order valence-electron chi connectivity index (χ0n) is 12.6. The van der Waals surface area contributed by atoms with Gasteiger partial charge in [0.05, 0.1) is 20.3 Å². The summed E-state index contributed by atoms with van der Waals surface area (Å²) in [7, 11) is 3.18. The van der Waals surface area contributed by atoms with Gasteiger partial charge in [-0.3, -0.25) is 4.79 Å². The number of benzene rings is 1. The minimum absolute atomic E-state index is 0.235. The molecule has 116 valence electrons. The van der Waals surface area contributed by atoms with E-state index in [1.807, 2.05) is 13.0 Å². The highest BCUT2D eigenvalue weighted by atomic mass is 35.5. The Bertz CT molecular complexity index is 676. The van der Waals surface area contributed by atoms with Gasteiger partial charge in [-0.25, -0.2) is 4.98 Å². The van der Waals surface area contributed by atoms with Crippen molar-refractivity contribution in [3.63, 3.8) is 0 Å². The predicted octanol–water partition coefficient (Wildman–Crippen LogP) is 3.24. The number of halogens is 1. The first-order valence-corrected chi connectivity index (χ1v) is 7.07. The third kappa shape index (κ3) is 3.68. The van der Waals surface area contributed by atoms with Crippen LogP contribution in [0.3, 0.4) is 0 Å². The van der Waals surface area contributed by atoms with Gasteiger partial charge in [0.15, 0.2) is 0 Å². The van der Waals surface area contributed by atoms with Crippen LogP contribution in [0.15, 0.2) is 36.5 Å². The smallest absolute Gasteiger partial charge is 0.251 e. The van der Waals surface area contributed by atoms with E-state index in [4.69, 9.17) is 21.1 Å². The van der Waals surface area contributed by atoms with Crippen LogP contribution in [0.5, 0.6) is 11.5 Å². The number of carbonyl (C=O) groups excluding carboxylic acids is 1. The highest BCUT2D eigenvalue weighted by Crippen LogP contribution is 2.29. The summed E-state index contributed by atoms with van der Waals surface area (Å²) < 4.78 is 10.6. The third-order valence-electron chi connectivity index (χ3n) is 3.24. The van der Waals surface area contributed by atoms with E-state index in [2.05, 4.69) is 10.3 Å². The Morgan fingerprint density at radius 3 is 2.64 bits per heavy atom. The lowest BCUT2D eigenvalue weighted by molar-refractivity contribution is 0.0939. The summed E-state index contributed by atoms with van der Waals surface area (Å²) in [5.41, 5.74) is 1.28. The van der Waals surface area contributed by atoms with E-state index < -0.39 is 0 Å². The first kappa shape index (κ1) is 16.1. The quantitative estimate of drug-likeness (QED) is 0.859. The van der Waals surface area contributed by atoms with Gasteiger partial charge in [0, 0.05) is 17.3 Å². The van der Waals surface area contributed by atoms with Gasteiger partial charge < -0.3 is 14.8 Å². The molecule has 0 bridgehead atoms. The summed E-state index contributed by atoms with van der Waals surface area (Å²) in [4.78, 5) is 16.1. The fourth-order valence-corrected chi connectivity index (χ4v) is 2.25. The van der Waals surface area contributed by atoms with Gasteiger partial charge in [0.2, 0.25) is 0 Å². The molecule has 22 heavy (non-hydrogen) atoms. The highest BCUT2D eigenvalue weighted by molar-refractivity contribution is 6.29. The molecule has 2 rings (SSSR count). The van der Waals surface area contributed by atoms with Gasteiger partial charge in [-0.2, -0.15) is 0 Å². The average Bonchev–Trinajstić information content (AvgIpc) is 2.54. The van der Waals surface area contributed by atoms with Crippen LogP contribution in [0.1, 0.15) is 28.9 Å². The highest BCUT2D eigenvalue weighted by Gasteiger charge is 2.16. The first-order valence-electron chi connectivity index (χ1n) is 6.69. The molecule has 1 heterocycles. The van der Waals surface area contributed by atoms with Crippen LogP contribution < -0.4 is 14.8 Å². The summed E-state index contributed by atoms with van der Waals surface area (Å²) in [6.07, 6.45) is 1.49. The molecule has 1 aromatic heterocycles. The Morgan fingerprint density at radius 2 is 2.00 bits per heavy atom. The molecule has 0 fully saturated rings. The maximum atomic E-state index is 12.3. The number of hydrogen-bond acceptors (Lipinski definition) is 4. The lowest BCUT2D eigenvalue weighted by Gasteiger charge is -2.18. The number of ether oxygens (including phenoxy) is 2. The zero-order chi connectivity index (χ0) is 16.1. The van der Waals surface area contributed by atoms with E-state index in [0.29, 0.717) is 17.1 Å². The number of nitrogens with one attached hydrogen (secondary N) is 1. The Morgan fingerprint density at radius 1 is 1.23 bits per heavy atom. The van der Waals surface area contributed by atoms with E-state index in [9.17, 15) is 4.79 Å². The fraction of sp³-hybridized carbons (Fsp3) is 0.250. The second-order valence-corrected chi connectivity index (χ2v) is 5.06. The molecular weight excluding hydrogens is 304 g/mol. The average molecular weight is 321 g/mol. The maximum absolute atomic E-state index is 12.3. The second kappa shape index (κ2) is 7.13. The summed E-state index contributed by atoms with van der Waals surface area (Å²) in [5.74, 6) is 1.15. The van der Waals surface area contributed by atoms with E-state index in [1.54, 1.807) is 32.4 Å². The van der Waals surface area contributed by atoms with E-state index >= 15 is 0 Å². The standard InChI is InChI=1S/C16H17ClN2O3/c1-10(13-9-12(21-2)4-5-14(13)22-3)19-16(20)11-6-7-18-15(17)8-11/h4-10H,1-3H3,(H,19,20). The molecule has 0 radical (unpaired) electrons. The molecule has 1 aromatic carbocycles. The van der Waals surface area contributed by atoms with Gasteiger partial charge >= 0.3 is 0 Å². The van der Waals surface area contributed by atoms with Gasteiger partial charge in [0.25, 0.3) is 5.91 Å². The lowest BCUT2D eigenvalue weighted by Crippen LogP contribution is -2.27. The van der Waals surface area contributed by atoms with Crippen molar-refractivity contribution in [3.8, 4) is 11.5 Å². The van der Waals surface area contributed by atoms with Gasteiger partial charge in [-0.05, 0) is 37.3 Å². The fourth-order valence-electron chi connectivity index (χ4n) is 2.08. The van der Waals surface area contributed by atoms with Crippen molar-refractivity contribution < 1.29 is 14.3 Å². The summed E-state index contributed by atoms with van der Waals surface area (Å²) >= 11 is 5.80. The number of rotatable bonds is 5. The van der Waals surface area contributed by atoms with Crippen LogP contribution in [0.4, 0.5) is 0 Å².